The van der Waals surface area contributed by atoms with Gasteiger partial charge in [-0.3, -0.25) is 0 Å². The number of amides is 1. The van der Waals surface area contributed by atoms with Crippen LogP contribution in [0.4, 0.5) is 4.79 Å². The first kappa shape index (κ1) is 24.9. The molecule has 5 nitrogen and oxygen atoms in total. The zero-order valence-electron chi connectivity index (χ0n) is 16.0. The van der Waals surface area contributed by atoms with Crippen molar-refractivity contribution in [3.63, 3.8) is 0 Å². The number of halogens is 5. The van der Waals surface area contributed by atoms with Gasteiger partial charge in [0.25, 0.3) is 0 Å². The van der Waals surface area contributed by atoms with Gasteiger partial charge in [0, 0.05) is 0 Å². The minimum absolute atomic E-state index is 0.0518. The van der Waals surface area contributed by atoms with Crippen LogP contribution in [0.15, 0.2) is 30.3 Å². The summed E-state index contributed by atoms with van der Waals surface area (Å²) >= 11 is 30.2. The molecule has 0 aliphatic rings. The third kappa shape index (κ3) is 6.56. The van der Waals surface area contributed by atoms with E-state index in [0.717, 1.165) is 5.56 Å². The van der Waals surface area contributed by atoms with Crippen LogP contribution in [-0.4, -0.2) is 18.1 Å². The molecule has 2 rings (SSSR count). The fourth-order valence-corrected chi connectivity index (χ4v) is 3.64. The number of alkyl carbamates (subject to hydrolysis) is 1. The predicted molar refractivity (Wildman–Crippen MR) is 120 cm³/mol. The monoisotopic (exact) mass is 511 g/mol. The molecule has 0 aromatic heterocycles. The molecule has 162 valence electrons. The number of carbonyl (C=O) groups is 2. The van der Waals surface area contributed by atoms with Crippen molar-refractivity contribution in [1.82, 2.24) is 5.32 Å². The molecule has 2 aromatic carbocycles. The summed E-state index contributed by atoms with van der Waals surface area (Å²) in [4.78, 5) is 24.9. The maximum atomic E-state index is 12.7. The minimum atomic E-state index is -1.02. The van der Waals surface area contributed by atoms with E-state index in [1.807, 2.05) is 44.2 Å². The van der Waals surface area contributed by atoms with Gasteiger partial charge in [0.05, 0.1) is 15.1 Å². The lowest BCUT2D eigenvalue weighted by molar-refractivity contribution is -0.137. The van der Waals surface area contributed by atoms with Crippen LogP contribution in [0.5, 0.6) is 5.75 Å². The fraction of sp³-hybridized carbons (Fsp3) is 0.300. The highest BCUT2D eigenvalue weighted by Gasteiger charge is 2.28. The molecule has 1 atom stereocenters. The zero-order chi connectivity index (χ0) is 22.4. The van der Waals surface area contributed by atoms with E-state index < -0.39 is 18.1 Å². The summed E-state index contributed by atoms with van der Waals surface area (Å²) < 4.78 is 10.5. The van der Waals surface area contributed by atoms with Gasteiger partial charge in [-0.25, -0.2) is 9.59 Å². The second kappa shape index (κ2) is 11.3. The first-order chi connectivity index (χ1) is 14.1. The maximum Gasteiger partial charge on any atom is 0.408 e. The lowest BCUT2D eigenvalue weighted by Crippen LogP contribution is -2.44. The SMILES string of the molecule is CC(C)CC(NC(=O)OCc1ccccc1)C(=O)Oc1c(Cl)c(Cl)c(Cl)c(Cl)c1Cl. The van der Waals surface area contributed by atoms with Crippen LogP contribution in [-0.2, 0) is 16.1 Å². The topological polar surface area (TPSA) is 64.6 Å². The van der Waals surface area contributed by atoms with E-state index in [1.165, 1.54) is 0 Å². The smallest absolute Gasteiger partial charge is 0.408 e. The highest BCUT2D eigenvalue weighted by Crippen LogP contribution is 2.48. The molecule has 0 aliphatic carbocycles. The van der Waals surface area contributed by atoms with E-state index in [9.17, 15) is 9.59 Å². The summed E-state index contributed by atoms with van der Waals surface area (Å²) in [5.74, 6) is -0.991. The average molecular weight is 514 g/mol. The number of rotatable bonds is 7. The molecular weight excluding hydrogens is 495 g/mol. The molecule has 30 heavy (non-hydrogen) atoms. The second-order valence-corrected chi connectivity index (χ2v) is 8.60. The molecule has 0 aliphatic heterocycles. The number of hydrogen-bond acceptors (Lipinski definition) is 4. The first-order valence-electron chi connectivity index (χ1n) is 8.82. The van der Waals surface area contributed by atoms with E-state index >= 15 is 0 Å². The number of ether oxygens (including phenoxy) is 2. The number of nitrogens with one attached hydrogen (secondary N) is 1. The first-order valence-corrected chi connectivity index (χ1v) is 10.7. The third-order valence-corrected chi connectivity index (χ3v) is 6.11. The Kier molecular flexibility index (Phi) is 9.38. The van der Waals surface area contributed by atoms with E-state index in [0.29, 0.717) is 0 Å². The summed E-state index contributed by atoms with van der Waals surface area (Å²) in [6.45, 7) is 3.82. The molecule has 0 saturated carbocycles. The molecule has 1 N–H and O–H groups in total. The van der Waals surface area contributed by atoms with Crippen molar-refractivity contribution in [3.05, 3.63) is 61.0 Å². The summed E-state index contributed by atoms with van der Waals surface area (Å²) in [5, 5.41) is 1.90. The second-order valence-electron chi connectivity index (χ2n) is 6.71. The molecule has 0 saturated heterocycles. The molecule has 0 radical (unpaired) electrons. The van der Waals surface area contributed by atoms with Crippen LogP contribution in [0, 0.1) is 5.92 Å². The Labute approximate surface area is 199 Å². The summed E-state index contributed by atoms with van der Waals surface area (Å²) in [6, 6.07) is 8.10. The fourth-order valence-electron chi connectivity index (χ4n) is 2.44. The van der Waals surface area contributed by atoms with Gasteiger partial charge in [0.1, 0.15) is 22.7 Å². The molecular formula is C20H18Cl5NO4. The molecule has 2 aromatic rings. The van der Waals surface area contributed by atoms with Gasteiger partial charge in [-0.05, 0) is 17.9 Å². The number of hydrogen-bond donors (Lipinski definition) is 1. The van der Waals surface area contributed by atoms with Gasteiger partial charge in [-0.1, -0.05) is 102 Å². The third-order valence-electron chi connectivity index (χ3n) is 3.87. The van der Waals surface area contributed by atoms with Crippen LogP contribution < -0.4 is 10.1 Å². The van der Waals surface area contributed by atoms with Crippen molar-refractivity contribution in [3.8, 4) is 5.75 Å². The Morgan fingerprint density at radius 3 is 1.97 bits per heavy atom. The van der Waals surface area contributed by atoms with Crippen molar-refractivity contribution in [2.75, 3.05) is 0 Å². The molecule has 0 heterocycles. The lowest BCUT2D eigenvalue weighted by atomic mass is 10.0. The number of carbonyl (C=O) groups excluding carboxylic acids is 2. The van der Waals surface area contributed by atoms with Gasteiger partial charge in [-0.15, -0.1) is 0 Å². The summed E-state index contributed by atoms with van der Waals surface area (Å²) in [6.07, 6.45) is -0.491. The molecule has 1 unspecified atom stereocenters. The van der Waals surface area contributed by atoms with Crippen LogP contribution in [0.2, 0.25) is 25.1 Å². The maximum absolute atomic E-state index is 12.7. The quantitative estimate of drug-likeness (QED) is 0.184. The Hall–Kier alpha value is -1.37. The van der Waals surface area contributed by atoms with E-state index in [-0.39, 0.29) is 49.8 Å². The van der Waals surface area contributed by atoms with Crippen molar-refractivity contribution in [2.45, 2.75) is 32.9 Å². The normalized spacial score (nSPS) is 11.9. The largest absolute Gasteiger partial charge is 0.445 e. The van der Waals surface area contributed by atoms with E-state index in [2.05, 4.69) is 5.32 Å². The molecule has 1 amide bonds. The Morgan fingerprint density at radius 1 is 0.900 bits per heavy atom. The number of benzene rings is 2. The van der Waals surface area contributed by atoms with Gasteiger partial charge in [0.15, 0.2) is 5.75 Å². The number of esters is 1. The van der Waals surface area contributed by atoms with Crippen molar-refractivity contribution in [2.24, 2.45) is 5.92 Å². The lowest BCUT2D eigenvalue weighted by Gasteiger charge is -2.20. The van der Waals surface area contributed by atoms with Crippen LogP contribution in [0.25, 0.3) is 0 Å². The highest BCUT2D eigenvalue weighted by atomic mass is 35.5. The molecule has 0 fully saturated rings. The standard InChI is InChI=1S/C20H18Cl5NO4/c1-10(2)8-12(26-20(28)29-9-11-6-4-3-5-7-11)19(27)30-18-16(24)14(22)13(21)15(23)17(18)25/h3-7,10,12H,8-9H2,1-2H3,(H,26,28). The zero-order valence-corrected chi connectivity index (χ0v) is 19.8. The Balaban J connectivity index is 2.13. The Bertz CT molecular complexity index is 892. The van der Waals surface area contributed by atoms with Gasteiger partial charge < -0.3 is 14.8 Å². The highest BCUT2D eigenvalue weighted by molar-refractivity contribution is 6.55. The molecule has 0 spiro atoms. The van der Waals surface area contributed by atoms with Gasteiger partial charge in [0.2, 0.25) is 0 Å². The van der Waals surface area contributed by atoms with E-state index in [1.54, 1.807) is 0 Å². The minimum Gasteiger partial charge on any atom is -0.445 e. The van der Waals surface area contributed by atoms with Crippen LogP contribution in [0.3, 0.4) is 0 Å². The van der Waals surface area contributed by atoms with E-state index in [4.69, 9.17) is 67.5 Å². The van der Waals surface area contributed by atoms with Crippen LogP contribution in [0.1, 0.15) is 25.8 Å². The van der Waals surface area contributed by atoms with Crippen LogP contribution >= 0.6 is 58.0 Å². The Morgan fingerprint density at radius 2 is 1.43 bits per heavy atom. The predicted octanol–water partition coefficient (Wildman–Crippen LogP) is 7.20. The molecule has 10 heteroatoms. The van der Waals surface area contributed by atoms with Crippen molar-refractivity contribution >= 4 is 70.1 Å². The average Bonchev–Trinajstić information content (AvgIpc) is 2.72. The van der Waals surface area contributed by atoms with Crippen molar-refractivity contribution in [1.29, 1.82) is 0 Å². The molecule has 0 bridgehead atoms. The van der Waals surface area contributed by atoms with Gasteiger partial charge in [-0.2, -0.15) is 0 Å². The van der Waals surface area contributed by atoms with Gasteiger partial charge >= 0.3 is 12.1 Å². The summed E-state index contributed by atoms with van der Waals surface area (Å²) in [5.41, 5.74) is 0.805. The summed E-state index contributed by atoms with van der Waals surface area (Å²) in [7, 11) is 0. The van der Waals surface area contributed by atoms with Crippen molar-refractivity contribution < 1.29 is 19.1 Å².